The first-order valence-corrected chi connectivity index (χ1v) is 8.22. The molecule has 0 radical (unpaired) electrons. The summed E-state index contributed by atoms with van der Waals surface area (Å²) in [5.74, 6) is -0.0780. The Bertz CT molecular complexity index is 1010. The minimum Gasteiger partial charge on any atom is -0.451 e. The monoisotopic (exact) mass is 390 g/mol. The number of aryl methyl sites for hydroxylation is 1. The van der Waals surface area contributed by atoms with E-state index in [1.807, 2.05) is 6.92 Å². The minimum absolute atomic E-state index is 0.0273. The summed E-state index contributed by atoms with van der Waals surface area (Å²) in [6, 6.07) is 12.5. The van der Waals surface area contributed by atoms with E-state index in [9.17, 15) is 14.9 Å². The highest BCUT2D eigenvalue weighted by molar-refractivity contribution is 6.32. The van der Waals surface area contributed by atoms with Crippen LogP contribution in [-0.4, -0.2) is 10.8 Å². The van der Waals surface area contributed by atoms with Gasteiger partial charge >= 0.3 is 0 Å². The SMILES string of the molecule is Cc1ccc(NC(=O)c2ccc(-c3ccc(Cl)c([N+](=O)[O-])c3)o2)cc1Cl. The van der Waals surface area contributed by atoms with Crippen LogP contribution in [0.15, 0.2) is 52.9 Å². The van der Waals surface area contributed by atoms with E-state index in [1.54, 1.807) is 30.3 Å². The van der Waals surface area contributed by atoms with Crippen LogP contribution >= 0.6 is 23.2 Å². The van der Waals surface area contributed by atoms with Crippen molar-refractivity contribution in [1.82, 2.24) is 0 Å². The molecule has 1 amide bonds. The lowest BCUT2D eigenvalue weighted by molar-refractivity contribution is -0.384. The number of hydrogen-bond donors (Lipinski definition) is 1. The Balaban J connectivity index is 1.83. The van der Waals surface area contributed by atoms with Gasteiger partial charge in [0.2, 0.25) is 0 Å². The number of nitro benzene ring substituents is 1. The molecule has 0 saturated carbocycles. The molecule has 0 aliphatic heterocycles. The normalized spacial score (nSPS) is 10.6. The van der Waals surface area contributed by atoms with E-state index in [0.717, 1.165) is 5.56 Å². The number of nitrogens with one attached hydrogen (secondary N) is 1. The number of halogens is 2. The molecule has 3 rings (SSSR count). The zero-order valence-electron chi connectivity index (χ0n) is 13.5. The summed E-state index contributed by atoms with van der Waals surface area (Å²) in [6.07, 6.45) is 0. The van der Waals surface area contributed by atoms with Crippen molar-refractivity contribution in [2.24, 2.45) is 0 Å². The number of nitrogens with zero attached hydrogens (tertiary/aromatic N) is 1. The van der Waals surface area contributed by atoms with Gasteiger partial charge in [0.25, 0.3) is 11.6 Å². The van der Waals surface area contributed by atoms with Gasteiger partial charge in [-0.15, -0.1) is 0 Å². The quantitative estimate of drug-likeness (QED) is 0.455. The first-order valence-electron chi connectivity index (χ1n) is 7.47. The third kappa shape index (κ3) is 3.71. The highest BCUT2D eigenvalue weighted by Gasteiger charge is 2.17. The second-order valence-corrected chi connectivity index (χ2v) is 6.32. The number of furan rings is 1. The van der Waals surface area contributed by atoms with Gasteiger partial charge in [-0.3, -0.25) is 14.9 Å². The zero-order chi connectivity index (χ0) is 18.8. The first kappa shape index (κ1) is 18.0. The van der Waals surface area contributed by atoms with E-state index in [0.29, 0.717) is 22.0 Å². The van der Waals surface area contributed by atoms with Crippen LogP contribution in [0.2, 0.25) is 10.0 Å². The van der Waals surface area contributed by atoms with Gasteiger partial charge in [0.05, 0.1) is 4.92 Å². The number of rotatable bonds is 4. The van der Waals surface area contributed by atoms with Crippen molar-refractivity contribution in [2.75, 3.05) is 5.32 Å². The predicted octanol–water partition coefficient (Wildman–Crippen LogP) is 5.72. The third-order valence-corrected chi connectivity index (χ3v) is 4.41. The molecule has 0 saturated heterocycles. The van der Waals surface area contributed by atoms with Gasteiger partial charge in [-0.2, -0.15) is 0 Å². The second kappa shape index (κ2) is 7.19. The van der Waals surface area contributed by atoms with Gasteiger partial charge in [0, 0.05) is 22.3 Å². The number of carbonyl (C=O) groups is 1. The summed E-state index contributed by atoms with van der Waals surface area (Å²) >= 11 is 11.8. The van der Waals surface area contributed by atoms with Crippen LogP contribution in [0.4, 0.5) is 11.4 Å². The number of amides is 1. The Kier molecular flexibility index (Phi) is 4.97. The molecule has 1 heterocycles. The maximum Gasteiger partial charge on any atom is 0.291 e. The number of nitro groups is 1. The lowest BCUT2D eigenvalue weighted by Gasteiger charge is -2.05. The number of benzene rings is 2. The van der Waals surface area contributed by atoms with Crippen LogP contribution in [0, 0.1) is 17.0 Å². The number of hydrogen-bond acceptors (Lipinski definition) is 4. The predicted molar refractivity (Wildman–Crippen MR) is 100.0 cm³/mol. The Morgan fingerprint density at radius 3 is 2.54 bits per heavy atom. The summed E-state index contributed by atoms with van der Waals surface area (Å²) < 4.78 is 5.52. The Morgan fingerprint density at radius 1 is 1.08 bits per heavy atom. The number of anilines is 1. The summed E-state index contributed by atoms with van der Waals surface area (Å²) in [6.45, 7) is 1.86. The Labute approximate surface area is 158 Å². The fraction of sp³-hybridized carbons (Fsp3) is 0.0556. The van der Waals surface area contributed by atoms with Gasteiger partial charge in [-0.05, 0) is 48.9 Å². The lowest BCUT2D eigenvalue weighted by Crippen LogP contribution is -2.10. The molecule has 8 heteroatoms. The average Bonchev–Trinajstić information content (AvgIpc) is 3.08. The Hall–Kier alpha value is -2.83. The van der Waals surface area contributed by atoms with Gasteiger partial charge in [-0.1, -0.05) is 29.3 Å². The molecule has 6 nitrogen and oxygen atoms in total. The summed E-state index contributed by atoms with van der Waals surface area (Å²) in [7, 11) is 0. The van der Waals surface area contributed by atoms with Crippen molar-refractivity contribution >= 4 is 40.5 Å². The molecular weight excluding hydrogens is 379 g/mol. The van der Waals surface area contributed by atoms with Crippen molar-refractivity contribution in [3.05, 3.63) is 80.0 Å². The highest BCUT2D eigenvalue weighted by atomic mass is 35.5. The summed E-state index contributed by atoms with van der Waals surface area (Å²) in [4.78, 5) is 22.7. The largest absolute Gasteiger partial charge is 0.451 e. The molecule has 1 N–H and O–H groups in total. The smallest absolute Gasteiger partial charge is 0.291 e. The summed E-state index contributed by atoms with van der Waals surface area (Å²) in [5, 5.41) is 14.2. The van der Waals surface area contributed by atoms with E-state index in [-0.39, 0.29) is 16.5 Å². The maximum absolute atomic E-state index is 12.3. The molecule has 3 aromatic rings. The molecule has 0 aliphatic rings. The van der Waals surface area contributed by atoms with Crippen molar-refractivity contribution in [3.63, 3.8) is 0 Å². The fourth-order valence-corrected chi connectivity index (χ4v) is 2.65. The first-order chi connectivity index (χ1) is 12.3. The van der Waals surface area contributed by atoms with E-state index in [2.05, 4.69) is 5.32 Å². The van der Waals surface area contributed by atoms with Gasteiger partial charge in [0.15, 0.2) is 5.76 Å². The fourth-order valence-electron chi connectivity index (χ4n) is 2.28. The van der Waals surface area contributed by atoms with Crippen LogP contribution in [-0.2, 0) is 0 Å². The zero-order valence-corrected chi connectivity index (χ0v) is 15.0. The van der Waals surface area contributed by atoms with Crippen LogP contribution < -0.4 is 5.32 Å². The van der Waals surface area contributed by atoms with Crippen molar-refractivity contribution in [3.8, 4) is 11.3 Å². The average molecular weight is 391 g/mol. The molecule has 0 fully saturated rings. The van der Waals surface area contributed by atoms with Crippen molar-refractivity contribution < 1.29 is 14.1 Å². The van der Waals surface area contributed by atoms with Crippen molar-refractivity contribution in [1.29, 1.82) is 0 Å². The molecule has 0 atom stereocenters. The molecule has 0 spiro atoms. The van der Waals surface area contributed by atoms with E-state index < -0.39 is 10.8 Å². The van der Waals surface area contributed by atoms with Crippen LogP contribution in [0.25, 0.3) is 11.3 Å². The number of carbonyl (C=O) groups excluding carboxylic acids is 1. The van der Waals surface area contributed by atoms with E-state index in [4.69, 9.17) is 27.6 Å². The van der Waals surface area contributed by atoms with Gasteiger partial charge in [0.1, 0.15) is 10.8 Å². The summed E-state index contributed by atoms with van der Waals surface area (Å²) in [5.41, 5.74) is 1.64. The lowest BCUT2D eigenvalue weighted by atomic mass is 10.1. The third-order valence-electron chi connectivity index (χ3n) is 3.69. The molecule has 132 valence electrons. The van der Waals surface area contributed by atoms with Crippen LogP contribution in [0.3, 0.4) is 0 Å². The second-order valence-electron chi connectivity index (χ2n) is 5.51. The Morgan fingerprint density at radius 2 is 1.85 bits per heavy atom. The topological polar surface area (TPSA) is 85.4 Å². The molecule has 0 aliphatic carbocycles. The van der Waals surface area contributed by atoms with Crippen molar-refractivity contribution in [2.45, 2.75) is 6.92 Å². The van der Waals surface area contributed by atoms with Crippen LogP contribution in [0.1, 0.15) is 16.1 Å². The van der Waals surface area contributed by atoms with Crippen LogP contribution in [0.5, 0.6) is 0 Å². The molecule has 0 bridgehead atoms. The molecule has 1 aromatic heterocycles. The van der Waals surface area contributed by atoms with Gasteiger partial charge < -0.3 is 9.73 Å². The van der Waals surface area contributed by atoms with E-state index in [1.165, 1.54) is 18.2 Å². The minimum atomic E-state index is -0.580. The van der Waals surface area contributed by atoms with E-state index >= 15 is 0 Å². The standard InChI is InChI=1S/C18H12Cl2N2O4/c1-10-2-4-12(9-14(10)20)21-18(23)17-7-6-16(26-17)11-3-5-13(19)15(8-11)22(24)25/h2-9H,1H3,(H,21,23). The van der Waals surface area contributed by atoms with Gasteiger partial charge in [-0.25, -0.2) is 0 Å². The highest BCUT2D eigenvalue weighted by Crippen LogP contribution is 2.31. The molecular formula is C18H12Cl2N2O4. The molecule has 0 unspecified atom stereocenters. The molecule has 26 heavy (non-hydrogen) atoms. The molecule has 2 aromatic carbocycles. The maximum atomic E-state index is 12.3.